The number of hydrogen-bond acceptors (Lipinski definition) is 1. The Morgan fingerprint density at radius 3 is 2.11 bits per heavy atom. The Kier molecular flexibility index (Phi) is 8.71. The van der Waals surface area contributed by atoms with Crippen LogP contribution in [0.15, 0.2) is 42.5 Å². The summed E-state index contributed by atoms with van der Waals surface area (Å²) in [6.45, 7) is 0.479. The molecule has 0 heterocycles. The first kappa shape index (κ1) is 27.3. The number of aryl methyl sites for hydroxylation is 3. The summed E-state index contributed by atoms with van der Waals surface area (Å²) in [5, 5.41) is 1.31. The molecule has 1 fully saturated rings. The summed E-state index contributed by atoms with van der Waals surface area (Å²) in [6.07, 6.45) is 4.22. The number of fused-ring (bicyclic) bond motifs is 1. The molecule has 0 N–H and O–H groups in total. The van der Waals surface area contributed by atoms with Gasteiger partial charge in [0.15, 0.2) is 24.0 Å². The van der Waals surface area contributed by atoms with Crippen LogP contribution in [-0.2, 0) is 19.3 Å². The van der Waals surface area contributed by atoms with Crippen LogP contribution in [0.1, 0.15) is 62.1 Å². The molecular formula is C30H32F6O. The van der Waals surface area contributed by atoms with Crippen LogP contribution in [0.25, 0.3) is 10.8 Å². The average Bonchev–Trinajstić information content (AvgIpc) is 2.86. The Balaban J connectivity index is 1.38. The van der Waals surface area contributed by atoms with Crippen LogP contribution < -0.4 is 4.74 Å². The van der Waals surface area contributed by atoms with Crippen molar-refractivity contribution in [3.63, 3.8) is 0 Å². The first-order valence-corrected chi connectivity index (χ1v) is 13.0. The molecule has 37 heavy (non-hydrogen) atoms. The van der Waals surface area contributed by atoms with Gasteiger partial charge in [-0.3, -0.25) is 0 Å². The quantitative estimate of drug-likeness (QED) is 0.255. The minimum absolute atomic E-state index is 0.119. The van der Waals surface area contributed by atoms with Crippen LogP contribution >= 0.6 is 0 Å². The molecule has 3 aromatic carbocycles. The van der Waals surface area contributed by atoms with Gasteiger partial charge < -0.3 is 4.74 Å². The summed E-state index contributed by atoms with van der Waals surface area (Å²) < 4.78 is 84.6. The van der Waals surface area contributed by atoms with E-state index in [1.54, 1.807) is 12.1 Å². The largest absolute Gasteiger partial charge is 0.478 e. The second-order valence-electron chi connectivity index (χ2n) is 10.2. The van der Waals surface area contributed by atoms with Crippen molar-refractivity contribution in [2.24, 2.45) is 11.8 Å². The second-order valence-corrected chi connectivity index (χ2v) is 10.2. The van der Waals surface area contributed by atoms with Gasteiger partial charge in [-0.05, 0) is 71.7 Å². The smallest absolute Gasteiger partial charge is 0.422 e. The summed E-state index contributed by atoms with van der Waals surface area (Å²) in [7, 11) is 0. The standard InChI is InChI=1S/C30H32F6O/c1-2-19-3-5-20(6-4-19)7-8-21-10-14-25-24(15-21)13-12-23(28(25)33)11-9-22-16-26(31)29(27(32)17-22)37-18-30(34,35)36/h10,12-17,19-20H,2-9,11,18H2,1H3. The molecule has 1 nitrogen and oxygen atoms in total. The number of halogens is 6. The minimum Gasteiger partial charge on any atom is -0.478 e. The molecular weight excluding hydrogens is 490 g/mol. The molecule has 0 unspecified atom stereocenters. The predicted molar refractivity (Wildman–Crippen MR) is 133 cm³/mol. The molecule has 0 spiro atoms. The molecule has 0 amide bonds. The fourth-order valence-electron chi connectivity index (χ4n) is 5.36. The van der Waals surface area contributed by atoms with Gasteiger partial charge in [-0.25, -0.2) is 13.2 Å². The number of ether oxygens (including phenoxy) is 1. The maximum absolute atomic E-state index is 15.2. The van der Waals surface area contributed by atoms with Gasteiger partial charge in [0.2, 0.25) is 0 Å². The Hall–Kier alpha value is -2.70. The highest BCUT2D eigenvalue weighted by Crippen LogP contribution is 2.34. The van der Waals surface area contributed by atoms with Gasteiger partial charge in [-0.1, -0.05) is 69.4 Å². The Bertz CT molecular complexity index is 1190. The zero-order valence-electron chi connectivity index (χ0n) is 20.9. The van der Waals surface area contributed by atoms with Crippen molar-refractivity contribution in [2.45, 2.75) is 70.9 Å². The highest BCUT2D eigenvalue weighted by Gasteiger charge is 2.30. The third-order valence-corrected chi connectivity index (χ3v) is 7.60. The number of hydrogen-bond donors (Lipinski definition) is 0. The molecule has 200 valence electrons. The molecule has 0 radical (unpaired) electrons. The zero-order chi connectivity index (χ0) is 26.6. The lowest BCUT2D eigenvalue weighted by Crippen LogP contribution is -2.20. The summed E-state index contributed by atoms with van der Waals surface area (Å²) in [5.74, 6) is -2.23. The van der Waals surface area contributed by atoms with Gasteiger partial charge in [0.25, 0.3) is 0 Å². The first-order valence-electron chi connectivity index (χ1n) is 13.0. The molecule has 0 bridgehead atoms. The number of rotatable bonds is 9. The van der Waals surface area contributed by atoms with Crippen molar-refractivity contribution in [3.05, 3.63) is 76.6 Å². The van der Waals surface area contributed by atoms with E-state index < -0.39 is 30.2 Å². The fraction of sp³-hybridized carbons (Fsp3) is 0.467. The molecule has 1 saturated carbocycles. The Morgan fingerprint density at radius 2 is 1.46 bits per heavy atom. The first-order chi connectivity index (χ1) is 17.6. The number of alkyl halides is 3. The van der Waals surface area contributed by atoms with Crippen LogP contribution in [0, 0.1) is 29.3 Å². The third-order valence-electron chi connectivity index (χ3n) is 7.60. The molecule has 1 aliphatic rings. The summed E-state index contributed by atoms with van der Waals surface area (Å²) in [6, 6.07) is 11.2. The molecule has 0 saturated heterocycles. The molecule has 0 aromatic heterocycles. The highest BCUT2D eigenvalue weighted by molar-refractivity contribution is 5.84. The molecule has 1 aliphatic carbocycles. The topological polar surface area (TPSA) is 9.23 Å². The minimum atomic E-state index is -4.71. The number of benzene rings is 3. The maximum Gasteiger partial charge on any atom is 0.422 e. The van der Waals surface area contributed by atoms with Crippen LogP contribution in [0.3, 0.4) is 0 Å². The van der Waals surface area contributed by atoms with E-state index in [1.165, 1.54) is 37.7 Å². The van der Waals surface area contributed by atoms with Gasteiger partial charge in [0.05, 0.1) is 0 Å². The van der Waals surface area contributed by atoms with E-state index in [1.807, 2.05) is 18.2 Å². The van der Waals surface area contributed by atoms with Gasteiger partial charge in [0, 0.05) is 5.39 Å². The predicted octanol–water partition coefficient (Wildman–Crippen LogP) is 9.13. The van der Waals surface area contributed by atoms with Crippen molar-refractivity contribution in [1.82, 2.24) is 0 Å². The summed E-state index contributed by atoms with van der Waals surface area (Å²) >= 11 is 0. The van der Waals surface area contributed by atoms with E-state index in [0.717, 1.165) is 42.2 Å². The molecule has 3 aromatic rings. The summed E-state index contributed by atoms with van der Waals surface area (Å²) in [4.78, 5) is 0. The maximum atomic E-state index is 15.2. The van der Waals surface area contributed by atoms with Gasteiger partial charge in [-0.15, -0.1) is 0 Å². The van der Waals surface area contributed by atoms with Crippen LogP contribution in [0.4, 0.5) is 26.3 Å². The van der Waals surface area contributed by atoms with Gasteiger partial charge >= 0.3 is 6.18 Å². The lowest BCUT2D eigenvalue weighted by atomic mass is 9.78. The second kappa shape index (κ2) is 11.8. The van der Waals surface area contributed by atoms with Crippen molar-refractivity contribution in [1.29, 1.82) is 0 Å². The fourth-order valence-corrected chi connectivity index (χ4v) is 5.36. The molecule has 4 rings (SSSR count). The zero-order valence-corrected chi connectivity index (χ0v) is 20.9. The normalized spacial score (nSPS) is 18.4. The third kappa shape index (κ3) is 7.20. The van der Waals surface area contributed by atoms with Gasteiger partial charge in [-0.2, -0.15) is 13.2 Å². The van der Waals surface area contributed by atoms with Crippen LogP contribution in [0.5, 0.6) is 5.75 Å². The van der Waals surface area contributed by atoms with Crippen molar-refractivity contribution in [3.8, 4) is 5.75 Å². The van der Waals surface area contributed by atoms with Gasteiger partial charge in [0.1, 0.15) is 5.82 Å². The van der Waals surface area contributed by atoms with E-state index in [2.05, 4.69) is 11.7 Å². The van der Waals surface area contributed by atoms with E-state index in [9.17, 15) is 22.0 Å². The van der Waals surface area contributed by atoms with E-state index in [-0.39, 0.29) is 24.2 Å². The van der Waals surface area contributed by atoms with Crippen LogP contribution in [-0.4, -0.2) is 12.8 Å². The van der Waals surface area contributed by atoms with E-state index in [0.29, 0.717) is 10.9 Å². The Labute approximate surface area is 213 Å². The SMILES string of the molecule is CCC1CCC(CCc2ccc3c(F)c(CCc4cc(F)c(OCC(F)(F)F)c(F)c4)ccc3c2)CC1. The highest BCUT2D eigenvalue weighted by atomic mass is 19.4. The van der Waals surface area contributed by atoms with Crippen LogP contribution in [0.2, 0.25) is 0 Å². The molecule has 0 aliphatic heterocycles. The van der Waals surface area contributed by atoms with Crippen molar-refractivity contribution in [2.75, 3.05) is 6.61 Å². The van der Waals surface area contributed by atoms with Crippen molar-refractivity contribution < 1.29 is 31.1 Å². The van der Waals surface area contributed by atoms with E-state index >= 15 is 4.39 Å². The summed E-state index contributed by atoms with van der Waals surface area (Å²) in [5.41, 5.74) is 1.80. The Morgan fingerprint density at radius 1 is 0.784 bits per heavy atom. The molecule has 0 atom stereocenters. The van der Waals surface area contributed by atoms with Crippen molar-refractivity contribution >= 4 is 10.8 Å². The average molecular weight is 523 g/mol. The molecule has 7 heteroatoms. The monoisotopic (exact) mass is 522 g/mol. The lowest BCUT2D eigenvalue weighted by molar-refractivity contribution is -0.154. The lowest BCUT2D eigenvalue weighted by Gasteiger charge is -2.27. The van der Waals surface area contributed by atoms with E-state index in [4.69, 9.17) is 0 Å².